The van der Waals surface area contributed by atoms with Crippen molar-refractivity contribution in [2.75, 3.05) is 32.8 Å². The van der Waals surface area contributed by atoms with Crippen molar-refractivity contribution in [2.45, 2.75) is 54.2 Å². The molecule has 39 heavy (non-hydrogen) atoms. The third-order valence-corrected chi connectivity index (χ3v) is 9.85. The van der Waals surface area contributed by atoms with Crippen molar-refractivity contribution >= 4 is 31.1 Å². The molecule has 12 nitrogen and oxygen atoms in total. The lowest BCUT2D eigenvalue weighted by atomic mass is 9.88. The average molecular weight is 582 g/mol. The first kappa shape index (κ1) is 29.4. The standard InChI is InChI=1S/C24H31N5O7S2.CH4/c25-37(31,32)20-3-1-2-19(10-20)35-16-18(30)13-27-17-12-24(36-15-17)5-8-29(9-6-24)38(33,34)21-11-23-22(28-14-21)4-7-26-23;/h1-4,7,10-11,14,17-18,26-27,30H,5-6,8-9,12-13,15-16H2,(H2,25,31,32);1H4. The molecule has 14 heteroatoms. The first-order valence-electron chi connectivity index (χ1n) is 12.3. The van der Waals surface area contributed by atoms with Crippen LogP contribution in [-0.4, -0.2) is 86.8 Å². The lowest BCUT2D eigenvalue weighted by Gasteiger charge is -2.38. The molecule has 2 saturated heterocycles. The average Bonchev–Trinajstić information content (AvgIpc) is 3.53. The second kappa shape index (κ2) is 11.5. The maximum atomic E-state index is 13.2. The van der Waals surface area contributed by atoms with Crippen LogP contribution in [0.4, 0.5) is 0 Å². The molecule has 2 aliphatic heterocycles. The number of primary sulfonamides is 1. The fourth-order valence-corrected chi connectivity index (χ4v) is 6.92. The predicted molar refractivity (Wildman–Crippen MR) is 145 cm³/mol. The number of aromatic nitrogens is 2. The number of rotatable bonds is 9. The minimum atomic E-state index is -3.84. The summed E-state index contributed by atoms with van der Waals surface area (Å²) in [5.41, 5.74) is 0.991. The molecule has 5 rings (SSSR count). The van der Waals surface area contributed by atoms with E-state index in [1.165, 1.54) is 28.7 Å². The highest BCUT2D eigenvalue weighted by Gasteiger charge is 2.44. The number of fused-ring (bicyclic) bond motifs is 1. The molecule has 0 radical (unpaired) electrons. The molecule has 0 bridgehead atoms. The number of nitrogens with two attached hydrogens (primary N) is 1. The van der Waals surface area contributed by atoms with Gasteiger partial charge in [-0.15, -0.1) is 0 Å². The van der Waals surface area contributed by atoms with Gasteiger partial charge >= 0.3 is 0 Å². The van der Waals surface area contributed by atoms with Crippen LogP contribution < -0.4 is 15.2 Å². The fourth-order valence-electron chi connectivity index (χ4n) is 4.96. The summed E-state index contributed by atoms with van der Waals surface area (Å²) in [5.74, 6) is 0.295. The lowest BCUT2D eigenvalue weighted by Crippen LogP contribution is -2.47. The van der Waals surface area contributed by atoms with Crippen LogP contribution >= 0.6 is 0 Å². The van der Waals surface area contributed by atoms with Gasteiger partial charge in [0.05, 0.1) is 28.1 Å². The Bertz CT molecular complexity index is 1500. The first-order chi connectivity index (χ1) is 18.0. The number of benzene rings is 1. The van der Waals surface area contributed by atoms with Gasteiger partial charge in [0, 0.05) is 44.1 Å². The van der Waals surface area contributed by atoms with Crippen LogP contribution in [0.15, 0.2) is 58.6 Å². The third kappa shape index (κ3) is 6.60. The number of aromatic amines is 1. The summed E-state index contributed by atoms with van der Waals surface area (Å²) in [4.78, 5) is 7.34. The molecule has 0 amide bonds. The molecule has 2 fully saturated rings. The van der Waals surface area contributed by atoms with Crippen LogP contribution in [0, 0.1) is 0 Å². The first-order valence-corrected chi connectivity index (χ1v) is 15.3. The van der Waals surface area contributed by atoms with Gasteiger partial charge in [0.2, 0.25) is 20.0 Å². The van der Waals surface area contributed by atoms with E-state index in [2.05, 4.69) is 15.3 Å². The van der Waals surface area contributed by atoms with Crippen LogP contribution in [-0.2, 0) is 24.8 Å². The molecule has 5 N–H and O–H groups in total. The molecule has 0 saturated carbocycles. The van der Waals surface area contributed by atoms with Gasteiger partial charge in [0.15, 0.2) is 0 Å². The summed E-state index contributed by atoms with van der Waals surface area (Å²) >= 11 is 0. The van der Waals surface area contributed by atoms with E-state index in [9.17, 15) is 21.9 Å². The molecule has 4 heterocycles. The van der Waals surface area contributed by atoms with Crippen LogP contribution in [0.25, 0.3) is 11.0 Å². The number of nitrogens with one attached hydrogen (secondary N) is 2. The smallest absolute Gasteiger partial charge is 0.244 e. The molecular weight excluding hydrogens is 546 g/mol. The van der Waals surface area contributed by atoms with Crippen LogP contribution in [0.2, 0.25) is 0 Å². The van der Waals surface area contributed by atoms with Crippen molar-refractivity contribution < 1.29 is 31.4 Å². The predicted octanol–water partition coefficient (Wildman–Crippen LogP) is 1.19. The summed E-state index contributed by atoms with van der Waals surface area (Å²) in [6.07, 6.45) is 4.16. The van der Waals surface area contributed by atoms with Crippen LogP contribution in [0.1, 0.15) is 26.7 Å². The van der Waals surface area contributed by atoms with Crippen LogP contribution in [0.3, 0.4) is 0 Å². The minimum absolute atomic E-state index is 0. The Balaban J connectivity index is 0.00000353. The molecule has 2 unspecified atom stereocenters. The molecule has 2 aromatic heterocycles. The van der Waals surface area contributed by atoms with Crippen molar-refractivity contribution in [1.29, 1.82) is 0 Å². The molecule has 2 aliphatic rings. The van der Waals surface area contributed by atoms with Crippen molar-refractivity contribution in [1.82, 2.24) is 19.6 Å². The normalized spacial score (nSPS) is 20.6. The van der Waals surface area contributed by atoms with Crippen LogP contribution in [0.5, 0.6) is 5.75 Å². The second-order valence-corrected chi connectivity index (χ2v) is 13.3. The second-order valence-electron chi connectivity index (χ2n) is 9.77. The van der Waals surface area contributed by atoms with E-state index in [-0.39, 0.29) is 36.4 Å². The maximum absolute atomic E-state index is 13.2. The summed E-state index contributed by atoms with van der Waals surface area (Å²) in [5, 5.41) is 18.8. The van der Waals surface area contributed by atoms with Crippen molar-refractivity contribution in [3.63, 3.8) is 0 Å². The Labute approximate surface area is 228 Å². The zero-order valence-corrected chi connectivity index (χ0v) is 22.2. The van der Waals surface area contributed by atoms with Crippen molar-refractivity contribution in [3.05, 3.63) is 48.8 Å². The molecule has 214 valence electrons. The molecule has 2 atom stereocenters. The van der Waals surface area contributed by atoms with Gasteiger partial charge in [-0.05, 0) is 43.5 Å². The Morgan fingerprint density at radius 1 is 1.21 bits per heavy atom. The zero-order chi connectivity index (χ0) is 27.0. The number of hydrogen-bond acceptors (Lipinski definition) is 9. The monoisotopic (exact) mass is 581 g/mol. The Kier molecular flexibility index (Phi) is 8.66. The molecule has 0 aliphatic carbocycles. The number of aliphatic hydroxyl groups is 1. The van der Waals surface area contributed by atoms with Gasteiger partial charge < -0.3 is 24.9 Å². The zero-order valence-electron chi connectivity index (χ0n) is 20.6. The van der Waals surface area contributed by atoms with E-state index in [1.54, 1.807) is 24.4 Å². The van der Waals surface area contributed by atoms with Gasteiger partial charge in [-0.3, -0.25) is 4.98 Å². The summed E-state index contributed by atoms with van der Waals surface area (Å²) < 4.78 is 62.4. The molecule has 1 spiro atoms. The number of nitrogens with zero attached hydrogens (tertiary/aromatic N) is 2. The molecule has 3 aromatic rings. The number of piperidine rings is 1. The van der Waals surface area contributed by atoms with E-state index in [0.29, 0.717) is 55.7 Å². The Hall–Kier alpha value is -2.59. The largest absolute Gasteiger partial charge is 0.491 e. The molecule has 1 aromatic carbocycles. The SMILES string of the molecule is C.NS(=O)(=O)c1cccc(OCC(O)CNC2COC3(CCN(S(=O)(=O)c4cnc5cc[nH]c5c4)CC3)C2)c1. The fraction of sp³-hybridized carbons (Fsp3) is 0.480. The Morgan fingerprint density at radius 3 is 2.72 bits per heavy atom. The Morgan fingerprint density at radius 2 is 1.97 bits per heavy atom. The quantitative estimate of drug-likeness (QED) is 0.289. The number of sulfonamides is 2. The highest BCUT2D eigenvalue weighted by atomic mass is 32.2. The lowest BCUT2D eigenvalue weighted by molar-refractivity contribution is -0.0312. The maximum Gasteiger partial charge on any atom is 0.244 e. The van der Waals surface area contributed by atoms with Crippen molar-refractivity contribution in [2.24, 2.45) is 5.14 Å². The summed E-state index contributed by atoms with van der Waals surface area (Å²) in [6, 6.07) is 9.20. The molecular formula is C25H35N5O7S2. The van der Waals surface area contributed by atoms with E-state index >= 15 is 0 Å². The van der Waals surface area contributed by atoms with Gasteiger partial charge in [-0.25, -0.2) is 22.0 Å². The number of ether oxygens (including phenoxy) is 2. The summed E-state index contributed by atoms with van der Waals surface area (Å²) in [6.45, 7) is 1.39. The number of pyridine rings is 1. The van der Waals surface area contributed by atoms with Crippen molar-refractivity contribution in [3.8, 4) is 5.75 Å². The highest BCUT2D eigenvalue weighted by Crippen LogP contribution is 2.37. The van der Waals surface area contributed by atoms with Gasteiger partial charge in [-0.1, -0.05) is 13.5 Å². The topological polar surface area (TPSA) is 177 Å². The highest BCUT2D eigenvalue weighted by molar-refractivity contribution is 7.89. The van der Waals surface area contributed by atoms with Gasteiger partial charge in [0.25, 0.3) is 0 Å². The minimum Gasteiger partial charge on any atom is -0.491 e. The number of H-pyrrole nitrogens is 1. The third-order valence-electron chi connectivity index (χ3n) is 7.07. The number of hydrogen-bond donors (Lipinski definition) is 4. The van der Waals surface area contributed by atoms with Gasteiger partial charge in [0.1, 0.15) is 23.4 Å². The van der Waals surface area contributed by atoms with E-state index in [4.69, 9.17) is 14.6 Å². The van der Waals surface area contributed by atoms with E-state index in [1.807, 2.05) is 0 Å². The summed E-state index contributed by atoms with van der Waals surface area (Å²) in [7, 11) is -7.50. The number of aliphatic hydroxyl groups excluding tert-OH is 1. The van der Waals surface area contributed by atoms with E-state index < -0.39 is 31.8 Å². The van der Waals surface area contributed by atoms with Gasteiger partial charge in [-0.2, -0.15) is 4.31 Å². The van der Waals surface area contributed by atoms with E-state index in [0.717, 1.165) is 0 Å².